The number of hydrogen-bond donors (Lipinski definition) is 1. The molecule has 3 heterocycles. The molecule has 1 aromatic carbocycles. The maximum atomic E-state index is 12.9. The standard InChI is InChI=1S/C19H21N5O2/c25-13-12-22-8-10-23(11-9-22)19(26)16-5-3-4-15(14-16)18-21-20-17-6-1-2-7-24(17)18/h1-7,14,25H,8-13H2. The number of nitrogens with zero attached hydrogens (tertiary/aromatic N) is 5. The monoisotopic (exact) mass is 351 g/mol. The molecule has 1 saturated heterocycles. The molecule has 7 nitrogen and oxygen atoms in total. The van der Waals surface area contributed by atoms with Crippen molar-refractivity contribution in [1.29, 1.82) is 0 Å². The highest BCUT2D eigenvalue weighted by Gasteiger charge is 2.22. The van der Waals surface area contributed by atoms with Crippen molar-refractivity contribution in [2.45, 2.75) is 0 Å². The van der Waals surface area contributed by atoms with Gasteiger partial charge in [-0.25, -0.2) is 0 Å². The molecule has 1 aliphatic rings. The van der Waals surface area contributed by atoms with E-state index in [1.54, 1.807) is 0 Å². The second-order valence-corrected chi connectivity index (χ2v) is 6.39. The van der Waals surface area contributed by atoms with Crippen molar-refractivity contribution in [2.75, 3.05) is 39.3 Å². The highest BCUT2D eigenvalue weighted by atomic mass is 16.3. The van der Waals surface area contributed by atoms with Gasteiger partial charge in [-0.05, 0) is 24.3 Å². The first kappa shape index (κ1) is 16.7. The molecule has 4 rings (SSSR count). The SMILES string of the molecule is O=C(c1cccc(-c2nnc3ccccn23)c1)N1CCN(CCO)CC1. The van der Waals surface area contributed by atoms with Crippen molar-refractivity contribution in [1.82, 2.24) is 24.4 Å². The molecule has 0 atom stereocenters. The second kappa shape index (κ2) is 7.23. The first-order chi connectivity index (χ1) is 12.8. The molecule has 2 aromatic heterocycles. The lowest BCUT2D eigenvalue weighted by Crippen LogP contribution is -2.49. The third-order valence-electron chi connectivity index (χ3n) is 4.76. The lowest BCUT2D eigenvalue weighted by molar-refractivity contribution is 0.0615. The van der Waals surface area contributed by atoms with Crippen molar-refractivity contribution >= 4 is 11.6 Å². The van der Waals surface area contributed by atoms with Gasteiger partial charge in [-0.15, -0.1) is 10.2 Å². The third-order valence-corrected chi connectivity index (χ3v) is 4.76. The molecule has 3 aromatic rings. The number of fused-ring (bicyclic) bond motifs is 1. The lowest BCUT2D eigenvalue weighted by Gasteiger charge is -2.34. The summed E-state index contributed by atoms with van der Waals surface area (Å²) in [5, 5.41) is 17.5. The average Bonchev–Trinajstić information content (AvgIpc) is 3.13. The van der Waals surface area contributed by atoms with Crippen LogP contribution in [-0.2, 0) is 0 Å². The van der Waals surface area contributed by atoms with Gasteiger partial charge >= 0.3 is 0 Å². The van der Waals surface area contributed by atoms with E-state index in [0.717, 1.165) is 30.1 Å². The van der Waals surface area contributed by atoms with Gasteiger partial charge in [0.25, 0.3) is 5.91 Å². The van der Waals surface area contributed by atoms with Crippen molar-refractivity contribution in [3.05, 3.63) is 54.2 Å². The molecule has 0 aliphatic carbocycles. The summed E-state index contributed by atoms with van der Waals surface area (Å²) in [4.78, 5) is 16.9. The second-order valence-electron chi connectivity index (χ2n) is 6.39. The van der Waals surface area contributed by atoms with Gasteiger partial charge in [0.1, 0.15) is 0 Å². The Labute approximate surface area is 151 Å². The minimum absolute atomic E-state index is 0.0318. The Morgan fingerprint density at radius 1 is 1.04 bits per heavy atom. The largest absolute Gasteiger partial charge is 0.395 e. The number of carbonyl (C=O) groups excluding carboxylic acids is 1. The predicted octanol–water partition coefficient (Wildman–Crippen LogP) is 1.15. The molecule has 1 N–H and O–H groups in total. The van der Waals surface area contributed by atoms with E-state index in [0.29, 0.717) is 25.2 Å². The number of carbonyl (C=O) groups is 1. The summed E-state index contributed by atoms with van der Waals surface area (Å²) in [6.07, 6.45) is 1.92. The Morgan fingerprint density at radius 3 is 2.69 bits per heavy atom. The maximum absolute atomic E-state index is 12.9. The summed E-state index contributed by atoms with van der Waals surface area (Å²) in [5.74, 6) is 0.757. The molecule has 0 unspecified atom stereocenters. The van der Waals surface area contributed by atoms with Crippen LogP contribution in [-0.4, -0.2) is 74.7 Å². The van der Waals surface area contributed by atoms with Crippen molar-refractivity contribution in [3.63, 3.8) is 0 Å². The minimum Gasteiger partial charge on any atom is -0.395 e. The Hall–Kier alpha value is -2.77. The summed E-state index contributed by atoms with van der Waals surface area (Å²) in [5.41, 5.74) is 2.30. The summed E-state index contributed by atoms with van der Waals surface area (Å²) < 4.78 is 1.91. The van der Waals surface area contributed by atoms with Gasteiger partial charge in [-0.2, -0.15) is 0 Å². The van der Waals surface area contributed by atoms with Gasteiger partial charge in [0.2, 0.25) is 0 Å². The third kappa shape index (κ3) is 3.18. The molecule has 1 amide bonds. The van der Waals surface area contributed by atoms with Gasteiger partial charge in [-0.3, -0.25) is 14.1 Å². The molecule has 0 radical (unpaired) electrons. The van der Waals surface area contributed by atoms with E-state index in [2.05, 4.69) is 15.1 Å². The van der Waals surface area contributed by atoms with E-state index in [-0.39, 0.29) is 12.5 Å². The van der Waals surface area contributed by atoms with Crippen LogP contribution in [0.5, 0.6) is 0 Å². The highest BCUT2D eigenvalue weighted by molar-refractivity contribution is 5.95. The Bertz CT molecular complexity index is 915. The van der Waals surface area contributed by atoms with Crippen LogP contribution in [0, 0.1) is 0 Å². The van der Waals surface area contributed by atoms with Crippen LogP contribution in [0.1, 0.15) is 10.4 Å². The summed E-state index contributed by atoms with van der Waals surface area (Å²) >= 11 is 0. The van der Waals surface area contributed by atoms with E-state index < -0.39 is 0 Å². The summed E-state index contributed by atoms with van der Waals surface area (Å²) in [7, 11) is 0. The minimum atomic E-state index is 0.0318. The lowest BCUT2D eigenvalue weighted by atomic mass is 10.1. The fraction of sp³-hybridized carbons (Fsp3) is 0.316. The molecule has 1 aliphatic heterocycles. The number of aliphatic hydroxyl groups excluding tert-OH is 1. The molecule has 134 valence electrons. The van der Waals surface area contributed by atoms with Crippen molar-refractivity contribution in [3.8, 4) is 11.4 Å². The van der Waals surface area contributed by atoms with Crippen LogP contribution in [0.4, 0.5) is 0 Å². The first-order valence-corrected chi connectivity index (χ1v) is 8.79. The zero-order valence-electron chi connectivity index (χ0n) is 14.5. The number of aromatic nitrogens is 3. The van der Waals surface area contributed by atoms with Crippen molar-refractivity contribution in [2.24, 2.45) is 0 Å². The quantitative estimate of drug-likeness (QED) is 0.763. The fourth-order valence-electron chi connectivity index (χ4n) is 3.33. The predicted molar refractivity (Wildman–Crippen MR) is 97.9 cm³/mol. The molecular formula is C19H21N5O2. The van der Waals surface area contributed by atoms with E-state index in [1.807, 2.05) is 58.0 Å². The van der Waals surface area contributed by atoms with Gasteiger partial charge in [0, 0.05) is 50.0 Å². The summed E-state index contributed by atoms with van der Waals surface area (Å²) in [6, 6.07) is 13.3. The Kier molecular flexibility index (Phi) is 4.64. The Morgan fingerprint density at radius 2 is 1.88 bits per heavy atom. The van der Waals surface area contributed by atoms with Gasteiger partial charge in [0.05, 0.1) is 6.61 Å². The molecule has 0 spiro atoms. The first-order valence-electron chi connectivity index (χ1n) is 8.79. The molecule has 0 bridgehead atoms. The zero-order valence-corrected chi connectivity index (χ0v) is 14.5. The molecule has 7 heteroatoms. The van der Waals surface area contributed by atoms with E-state index >= 15 is 0 Å². The van der Waals surface area contributed by atoms with Crippen LogP contribution < -0.4 is 0 Å². The average molecular weight is 351 g/mol. The summed E-state index contributed by atoms with van der Waals surface area (Å²) in [6.45, 7) is 3.76. The fourth-order valence-corrected chi connectivity index (χ4v) is 3.33. The van der Waals surface area contributed by atoms with Crippen LogP contribution in [0.2, 0.25) is 0 Å². The van der Waals surface area contributed by atoms with Crippen molar-refractivity contribution < 1.29 is 9.90 Å². The zero-order chi connectivity index (χ0) is 17.9. The topological polar surface area (TPSA) is 74.0 Å². The maximum Gasteiger partial charge on any atom is 0.253 e. The molecule has 1 fully saturated rings. The smallest absolute Gasteiger partial charge is 0.253 e. The number of pyridine rings is 1. The number of rotatable bonds is 4. The number of aliphatic hydroxyl groups is 1. The number of benzene rings is 1. The Balaban J connectivity index is 1.55. The van der Waals surface area contributed by atoms with Crippen LogP contribution >= 0.6 is 0 Å². The van der Waals surface area contributed by atoms with E-state index in [4.69, 9.17) is 5.11 Å². The number of β-amino-alcohol motifs (C(OH)–C–C–N with tert-alkyl or cyclic N) is 1. The van der Waals surface area contributed by atoms with Crippen LogP contribution in [0.25, 0.3) is 17.0 Å². The normalized spacial score (nSPS) is 15.5. The molecule has 26 heavy (non-hydrogen) atoms. The molecular weight excluding hydrogens is 330 g/mol. The number of piperazine rings is 1. The molecule has 0 saturated carbocycles. The number of amides is 1. The van der Waals surface area contributed by atoms with E-state index in [9.17, 15) is 4.79 Å². The van der Waals surface area contributed by atoms with Gasteiger partial charge in [0.15, 0.2) is 11.5 Å². The van der Waals surface area contributed by atoms with Gasteiger partial charge in [-0.1, -0.05) is 18.2 Å². The van der Waals surface area contributed by atoms with Gasteiger partial charge < -0.3 is 10.0 Å². The number of hydrogen-bond acceptors (Lipinski definition) is 5. The highest BCUT2D eigenvalue weighted by Crippen LogP contribution is 2.20. The van der Waals surface area contributed by atoms with E-state index in [1.165, 1.54) is 0 Å². The van der Waals surface area contributed by atoms with Crippen LogP contribution in [0.15, 0.2) is 48.7 Å². The van der Waals surface area contributed by atoms with Crippen LogP contribution in [0.3, 0.4) is 0 Å².